The molecule has 0 radical (unpaired) electrons. The lowest BCUT2D eigenvalue weighted by atomic mass is 10.3. The minimum absolute atomic E-state index is 0. The Morgan fingerprint density at radius 1 is 1.08 bits per heavy atom. The monoisotopic (exact) mass is 206 g/mol. The van der Waals surface area contributed by atoms with Gasteiger partial charge in [0.05, 0.1) is 4.90 Å². The van der Waals surface area contributed by atoms with Gasteiger partial charge in [-0.2, -0.15) is 9.90 Å². The number of sulfonamides is 1. The van der Waals surface area contributed by atoms with Crippen molar-refractivity contribution < 1.29 is 8.42 Å². The largest absolute Gasteiger partial charge is 0.399 e. The van der Waals surface area contributed by atoms with Gasteiger partial charge in [0.15, 0.2) is 0 Å². The zero-order valence-corrected chi connectivity index (χ0v) is 8.63. The number of nitrogen functional groups attached to an aromatic ring is 1. The molecule has 0 saturated heterocycles. The summed E-state index contributed by atoms with van der Waals surface area (Å²) in [6.45, 7) is 0. The Kier molecular flexibility index (Phi) is 3.64. The van der Waals surface area contributed by atoms with Crippen molar-refractivity contribution in [2.24, 2.45) is 5.14 Å². The van der Waals surface area contributed by atoms with Gasteiger partial charge in [0.1, 0.15) is 0 Å². The maximum Gasteiger partial charge on any atom is 0.238 e. The molecule has 6 heteroatoms. The summed E-state index contributed by atoms with van der Waals surface area (Å²) in [5.74, 6) is 0. The first-order valence-electron chi connectivity index (χ1n) is 2.88. The van der Waals surface area contributed by atoms with Crippen LogP contribution in [-0.2, 0) is 10.0 Å². The summed E-state index contributed by atoms with van der Waals surface area (Å²) in [7, 11) is -3.58. The van der Waals surface area contributed by atoms with Crippen molar-refractivity contribution in [1.82, 2.24) is 0 Å². The quantitative estimate of drug-likeness (QED) is 0.500. The smallest absolute Gasteiger partial charge is 0.238 e. The van der Waals surface area contributed by atoms with Gasteiger partial charge in [-0.25, -0.2) is 13.6 Å². The number of nitrogens with two attached hydrogens (primary N) is 2. The van der Waals surface area contributed by atoms with E-state index in [0.29, 0.717) is 5.69 Å². The van der Waals surface area contributed by atoms with Crippen molar-refractivity contribution in [3.05, 3.63) is 24.3 Å². The first-order valence-corrected chi connectivity index (χ1v) is 4.43. The normalized spacial score (nSPS) is 10.4. The van der Waals surface area contributed by atoms with Crippen LogP contribution in [0.2, 0.25) is 0 Å². The highest BCUT2D eigenvalue weighted by Gasteiger charge is 2.04. The fourth-order valence-corrected chi connectivity index (χ4v) is 1.17. The first-order chi connectivity index (χ1) is 5.00. The van der Waals surface area contributed by atoms with Gasteiger partial charge in [-0.05, 0) is 24.3 Å². The standard InChI is InChI=1S/C6H8N2O2S.H3P/c7-5-1-3-6(4-2-5)11(8,9)10;/h1-4H,7H2,(H2,8,9,10);1H3. The Labute approximate surface area is 74.6 Å². The number of hydrogen-bond donors (Lipinski definition) is 2. The molecule has 0 spiro atoms. The van der Waals surface area contributed by atoms with Crippen LogP contribution in [0.4, 0.5) is 5.69 Å². The zero-order chi connectivity index (χ0) is 8.48. The molecule has 0 aromatic heterocycles. The van der Waals surface area contributed by atoms with Crippen molar-refractivity contribution in [2.75, 3.05) is 5.73 Å². The van der Waals surface area contributed by atoms with E-state index >= 15 is 0 Å². The second-order valence-corrected chi connectivity index (χ2v) is 3.68. The Morgan fingerprint density at radius 3 is 1.83 bits per heavy atom. The Bertz CT molecular complexity index is 346. The third-order valence-electron chi connectivity index (χ3n) is 1.21. The molecular weight excluding hydrogens is 195 g/mol. The molecule has 1 rings (SSSR count). The predicted molar refractivity (Wildman–Crippen MR) is 53.3 cm³/mol. The van der Waals surface area contributed by atoms with E-state index < -0.39 is 10.0 Å². The maximum absolute atomic E-state index is 10.7. The molecular formula is C6H11N2O2PS. The Morgan fingerprint density at radius 2 is 1.50 bits per heavy atom. The molecule has 0 bridgehead atoms. The van der Waals surface area contributed by atoms with Crippen molar-refractivity contribution in [3.63, 3.8) is 0 Å². The lowest BCUT2D eigenvalue weighted by molar-refractivity contribution is 0.598. The highest BCUT2D eigenvalue weighted by Crippen LogP contribution is 2.08. The summed E-state index contributed by atoms with van der Waals surface area (Å²) in [4.78, 5) is 0.0756. The van der Waals surface area contributed by atoms with Crippen LogP contribution in [0.25, 0.3) is 0 Å². The molecule has 0 saturated carbocycles. The average Bonchev–Trinajstić information content (AvgIpc) is 1.86. The Hall–Kier alpha value is -0.640. The number of anilines is 1. The van der Waals surface area contributed by atoms with Gasteiger partial charge in [-0.15, -0.1) is 0 Å². The first kappa shape index (κ1) is 11.4. The van der Waals surface area contributed by atoms with E-state index in [4.69, 9.17) is 10.9 Å². The average molecular weight is 206 g/mol. The van der Waals surface area contributed by atoms with Gasteiger partial charge in [0, 0.05) is 5.69 Å². The van der Waals surface area contributed by atoms with Gasteiger partial charge in [-0.3, -0.25) is 0 Å². The van der Waals surface area contributed by atoms with Crippen molar-refractivity contribution in [1.29, 1.82) is 0 Å². The van der Waals surface area contributed by atoms with Gasteiger partial charge >= 0.3 is 0 Å². The van der Waals surface area contributed by atoms with Gasteiger partial charge < -0.3 is 5.73 Å². The van der Waals surface area contributed by atoms with E-state index in [9.17, 15) is 8.42 Å². The molecule has 0 amide bonds. The van der Waals surface area contributed by atoms with E-state index in [-0.39, 0.29) is 14.8 Å². The van der Waals surface area contributed by atoms with Crippen LogP contribution in [0.1, 0.15) is 0 Å². The van der Waals surface area contributed by atoms with Crippen molar-refractivity contribution >= 4 is 25.6 Å². The minimum atomic E-state index is -3.58. The molecule has 1 atom stereocenters. The molecule has 1 aromatic rings. The Balaban J connectivity index is 0.00000121. The van der Waals surface area contributed by atoms with Crippen LogP contribution in [-0.4, -0.2) is 8.42 Å². The van der Waals surface area contributed by atoms with Crippen LogP contribution in [0, 0.1) is 0 Å². The molecule has 0 fully saturated rings. The third kappa shape index (κ3) is 2.77. The van der Waals surface area contributed by atoms with E-state index in [1.807, 2.05) is 0 Å². The molecule has 1 unspecified atom stereocenters. The summed E-state index contributed by atoms with van der Waals surface area (Å²) in [6.07, 6.45) is 0. The predicted octanol–water partition coefficient (Wildman–Crippen LogP) is -0.0257. The molecule has 1 aromatic carbocycles. The molecule has 0 aliphatic carbocycles. The van der Waals surface area contributed by atoms with Crippen molar-refractivity contribution in [3.8, 4) is 0 Å². The summed E-state index contributed by atoms with van der Waals surface area (Å²) in [6, 6.07) is 5.70. The zero-order valence-electron chi connectivity index (χ0n) is 6.40. The molecule has 68 valence electrons. The molecule has 12 heavy (non-hydrogen) atoms. The summed E-state index contributed by atoms with van der Waals surface area (Å²) in [5, 5.41) is 4.84. The van der Waals surface area contributed by atoms with Crippen molar-refractivity contribution in [2.45, 2.75) is 4.90 Å². The highest BCUT2D eigenvalue weighted by atomic mass is 32.2. The van der Waals surface area contributed by atoms with E-state index in [2.05, 4.69) is 0 Å². The SMILES string of the molecule is Nc1ccc(S(N)(=O)=O)cc1.P. The van der Waals surface area contributed by atoms with Crippen LogP contribution in [0.3, 0.4) is 0 Å². The fraction of sp³-hybridized carbons (Fsp3) is 0. The van der Waals surface area contributed by atoms with Crippen LogP contribution >= 0.6 is 9.90 Å². The van der Waals surface area contributed by atoms with Gasteiger partial charge in [-0.1, -0.05) is 0 Å². The number of benzene rings is 1. The number of hydrogen-bond acceptors (Lipinski definition) is 3. The summed E-state index contributed by atoms with van der Waals surface area (Å²) < 4.78 is 21.4. The molecule has 0 heterocycles. The van der Waals surface area contributed by atoms with E-state index in [1.54, 1.807) is 0 Å². The molecule has 4 nitrogen and oxygen atoms in total. The third-order valence-corrected chi connectivity index (χ3v) is 2.14. The topological polar surface area (TPSA) is 86.2 Å². The molecule has 4 N–H and O–H groups in total. The highest BCUT2D eigenvalue weighted by molar-refractivity contribution is 7.89. The van der Waals surface area contributed by atoms with Gasteiger partial charge in [0.25, 0.3) is 0 Å². The lowest BCUT2D eigenvalue weighted by Gasteiger charge is -1.96. The van der Waals surface area contributed by atoms with E-state index in [1.165, 1.54) is 24.3 Å². The maximum atomic E-state index is 10.7. The number of rotatable bonds is 1. The fourth-order valence-electron chi connectivity index (χ4n) is 0.658. The van der Waals surface area contributed by atoms with Crippen LogP contribution < -0.4 is 10.9 Å². The van der Waals surface area contributed by atoms with Crippen LogP contribution in [0.5, 0.6) is 0 Å². The van der Waals surface area contributed by atoms with Gasteiger partial charge in [0.2, 0.25) is 10.0 Å². The summed E-state index contributed by atoms with van der Waals surface area (Å²) in [5.41, 5.74) is 5.85. The second-order valence-electron chi connectivity index (χ2n) is 2.11. The minimum Gasteiger partial charge on any atom is -0.399 e. The summed E-state index contributed by atoms with van der Waals surface area (Å²) >= 11 is 0. The molecule has 0 aliphatic heterocycles. The second kappa shape index (κ2) is 3.85. The lowest BCUT2D eigenvalue weighted by Crippen LogP contribution is -2.11. The molecule has 0 aliphatic rings. The number of primary sulfonamides is 1. The van der Waals surface area contributed by atoms with Crippen LogP contribution in [0.15, 0.2) is 29.2 Å². The van der Waals surface area contributed by atoms with E-state index in [0.717, 1.165) is 0 Å².